The van der Waals surface area contributed by atoms with Gasteiger partial charge in [-0.15, -0.1) is 11.6 Å². The van der Waals surface area contributed by atoms with Gasteiger partial charge in [-0.3, -0.25) is 0 Å². The third-order valence-corrected chi connectivity index (χ3v) is 2.66. The molecule has 1 rings (SSSR count). The molecule has 0 saturated carbocycles. The van der Waals surface area contributed by atoms with E-state index in [0.717, 1.165) is 6.42 Å². The van der Waals surface area contributed by atoms with Crippen molar-refractivity contribution in [3.05, 3.63) is 29.8 Å². The van der Waals surface area contributed by atoms with Gasteiger partial charge in [-0.05, 0) is 37.5 Å². The van der Waals surface area contributed by atoms with E-state index in [1.54, 1.807) is 0 Å². The second kappa shape index (κ2) is 6.73. The summed E-state index contributed by atoms with van der Waals surface area (Å²) in [4.78, 5) is 0. The molecule has 1 unspecified atom stereocenters. The number of hydrogen-bond acceptors (Lipinski definition) is 1. The summed E-state index contributed by atoms with van der Waals surface area (Å²) < 4.78 is 0. The summed E-state index contributed by atoms with van der Waals surface area (Å²) in [6.45, 7) is 4.43. The maximum absolute atomic E-state index is 5.69. The first-order chi connectivity index (χ1) is 7.26. The van der Waals surface area contributed by atoms with Gasteiger partial charge in [0.25, 0.3) is 0 Å². The molecule has 0 fully saturated rings. The second-order valence-electron chi connectivity index (χ2n) is 3.97. The molecule has 0 bridgehead atoms. The van der Waals surface area contributed by atoms with E-state index in [0.29, 0.717) is 11.9 Å². The van der Waals surface area contributed by atoms with Crippen LogP contribution < -0.4 is 5.32 Å². The lowest BCUT2D eigenvalue weighted by molar-refractivity contribution is 0.690. The molecule has 0 saturated heterocycles. The van der Waals surface area contributed by atoms with Gasteiger partial charge in [-0.25, -0.2) is 0 Å². The van der Waals surface area contributed by atoms with Gasteiger partial charge in [-0.1, -0.05) is 25.5 Å². The number of hydrogen-bond donors (Lipinski definition) is 1. The van der Waals surface area contributed by atoms with Crippen LogP contribution in [0.5, 0.6) is 0 Å². The summed E-state index contributed by atoms with van der Waals surface area (Å²) in [5, 5.41) is 3.48. The molecule has 2 heteroatoms. The van der Waals surface area contributed by atoms with E-state index in [2.05, 4.69) is 43.4 Å². The Morgan fingerprint density at radius 3 is 2.47 bits per heavy atom. The summed E-state index contributed by atoms with van der Waals surface area (Å²) in [7, 11) is 0. The van der Waals surface area contributed by atoms with E-state index >= 15 is 0 Å². The third kappa shape index (κ3) is 4.57. The lowest BCUT2D eigenvalue weighted by Crippen LogP contribution is -2.14. The molecule has 0 aliphatic carbocycles. The number of benzene rings is 1. The Kier molecular flexibility index (Phi) is 5.56. The van der Waals surface area contributed by atoms with Crippen LogP contribution in [0.25, 0.3) is 0 Å². The van der Waals surface area contributed by atoms with Gasteiger partial charge in [0.05, 0.1) is 0 Å². The smallest absolute Gasteiger partial charge is 0.0342 e. The minimum absolute atomic E-state index is 0.550. The Morgan fingerprint density at radius 2 is 1.93 bits per heavy atom. The number of aryl methyl sites for hydroxylation is 1. The molecular formula is C13H20ClN. The summed E-state index contributed by atoms with van der Waals surface area (Å²) in [6.07, 6.45) is 3.38. The van der Waals surface area contributed by atoms with Crippen LogP contribution in [-0.4, -0.2) is 11.9 Å². The molecule has 1 aromatic rings. The zero-order valence-electron chi connectivity index (χ0n) is 9.59. The minimum Gasteiger partial charge on any atom is -0.383 e. The highest BCUT2D eigenvalue weighted by Gasteiger charge is 2.00. The third-order valence-electron chi connectivity index (χ3n) is 2.47. The summed E-state index contributed by atoms with van der Waals surface area (Å²) in [6, 6.07) is 9.10. The van der Waals surface area contributed by atoms with Crippen molar-refractivity contribution >= 4 is 17.3 Å². The molecule has 1 N–H and O–H groups in total. The normalized spacial score (nSPS) is 12.5. The number of alkyl halides is 1. The summed E-state index contributed by atoms with van der Waals surface area (Å²) in [5.41, 5.74) is 2.51. The zero-order valence-corrected chi connectivity index (χ0v) is 10.3. The highest BCUT2D eigenvalue weighted by atomic mass is 35.5. The number of rotatable bonds is 6. The predicted octanol–water partition coefficient (Wildman–Crippen LogP) is 4.07. The summed E-state index contributed by atoms with van der Waals surface area (Å²) >= 11 is 5.69. The van der Waals surface area contributed by atoms with Gasteiger partial charge >= 0.3 is 0 Å². The minimum atomic E-state index is 0.550. The number of anilines is 1. The van der Waals surface area contributed by atoms with Crippen LogP contribution >= 0.6 is 11.6 Å². The van der Waals surface area contributed by atoms with E-state index in [9.17, 15) is 0 Å². The van der Waals surface area contributed by atoms with Crippen molar-refractivity contribution in [2.24, 2.45) is 0 Å². The predicted molar refractivity (Wildman–Crippen MR) is 68.9 cm³/mol. The molecule has 1 aromatic carbocycles. The zero-order chi connectivity index (χ0) is 11.1. The van der Waals surface area contributed by atoms with Crippen molar-refractivity contribution in [2.45, 2.75) is 39.2 Å². The molecule has 0 aliphatic heterocycles. The molecule has 0 heterocycles. The fourth-order valence-electron chi connectivity index (χ4n) is 1.67. The summed E-state index contributed by atoms with van der Waals surface area (Å²) in [5.74, 6) is 0.693. The highest BCUT2D eigenvalue weighted by Crippen LogP contribution is 2.13. The molecule has 0 aliphatic rings. The van der Waals surface area contributed by atoms with E-state index in [1.807, 2.05) is 0 Å². The van der Waals surface area contributed by atoms with E-state index in [1.165, 1.54) is 24.1 Å². The van der Waals surface area contributed by atoms with E-state index in [4.69, 9.17) is 11.6 Å². The average molecular weight is 226 g/mol. The SMILES string of the molecule is CCCC(C)Nc1ccc(CCCl)cc1. The topological polar surface area (TPSA) is 12.0 Å². The van der Waals surface area contributed by atoms with Crippen LogP contribution in [0.15, 0.2) is 24.3 Å². The van der Waals surface area contributed by atoms with E-state index < -0.39 is 0 Å². The Bertz CT molecular complexity index is 268. The molecule has 0 amide bonds. The first-order valence-corrected chi connectivity index (χ1v) is 6.21. The van der Waals surface area contributed by atoms with Crippen LogP contribution in [0.2, 0.25) is 0 Å². The van der Waals surface area contributed by atoms with Crippen molar-refractivity contribution in [1.29, 1.82) is 0 Å². The van der Waals surface area contributed by atoms with Crippen LogP contribution in [0.1, 0.15) is 32.3 Å². The fourth-order valence-corrected chi connectivity index (χ4v) is 1.88. The Balaban J connectivity index is 2.48. The molecule has 1 atom stereocenters. The van der Waals surface area contributed by atoms with Gasteiger partial charge in [0.1, 0.15) is 0 Å². The fraction of sp³-hybridized carbons (Fsp3) is 0.538. The van der Waals surface area contributed by atoms with Crippen molar-refractivity contribution < 1.29 is 0 Å². The lowest BCUT2D eigenvalue weighted by Gasteiger charge is -2.14. The first-order valence-electron chi connectivity index (χ1n) is 5.67. The maximum atomic E-state index is 5.69. The monoisotopic (exact) mass is 225 g/mol. The van der Waals surface area contributed by atoms with Gasteiger partial charge in [0, 0.05) is 17.6 Å². The van der Waals surface area contributed by atoms with Crippen molar-refractivity contribution in [3.8, 4) is 0 Å². The molecule has 84 valence electrons. The molecule has 0 radical (unpaired) electrons. The van der Waals surface area contributed by atoms with Gasteiger partial charge in [0.2, 0.25) is 0 Å². The van der Waals surface area contributed by atoms with E-state index in [-0.39, 0.29) is 0 Å². The van der Waals surface area contributed by atoms with Crippen LogP contribution in [-0.2, 0) is 6.42 Å². The van der Waals surface area contributed by atoms with Gasteiger partial charge in [0.15, 0.2) is 0 Å². The van der Waals surface area contributed by atoms with Crippen LogP contribution in [0, 0.1) is 0 Å². The van der Waals surface area contributed by atoms with Crippen LogP contribution in [0.3, 0.4) is 0 Å². The molecule has 1 nitrogen and oxygen atoms in total. The second-order valence-corrected chi connectivity index (χ2v) is 4.35. The Morgan fingerprint density at radius 1 is 1.27 bits per heavy atom. The number of nitrogens with one attached hydrogen (secondary N) is 1. The van der Waals surface area contributed by atoms with Gasteiger partial charge < -0.3 is 5.32 Å². The number of halogens is 1. The maximum Gasteiger partial charge on any atom is 0.0342 e. The highest BCUT2D eigenvalue weighted by molar-refractivity contribution is 6.17. The standard InChI is InChI=1S/C13H20ClN/c1-3-4-11(2)15-13-7-5-12(6-8-13)9-10-14/h5-8,11,15H,3-4,9-10H2,1-2H3. The quantitative estimate of drug-likeness (QED) is 0.720. The van der Waals surface area contributed by atoms with Crippen molar-refractivity contribution in [3.63, 3.8) is 0 Å². The average Bonchev–Trinajstić information content (AvgIpc) is 2.22. The lowest BCUT2D eigenvalue weighted by atomic mass is 10.1. The molecular weight excluding hydrogens is 206 g/mol. The molecule has 0 aromatic heterocycles. The van der Waals surface area contributed by atoms with Crippen molar-refractivity contribution in [2.75, 3.05) is 11.2 Å². The van der Waals surface area contributed by atoms with Crippen LogP contribution in [0.4, 0.5) is 5.69 Å². The Labute approximate surface area is 97.8 Å². The largest absolute Gasteiger partial charge is 0.383 e. The molecule has 15 heavy (non-hydrogen) atoms. The Hall–Kier alpha value is -0.690. The van der Waals surface area contributed by atoms with Gasteiger partial charge in [-0.2, -0.15) is 0 Å². The first kappa shape index (κ1) is 12.4. The van der Waals surface area contributed by atoms with Crippen molar-refractivity contribution in [1.82, 2.24) is 0 Å². The molecule has 0 spiro atoms.